The van der Waals surface area contributed by atoms with Gasteiger partial charge in [-0.2, -0.15) is 0 Å². The highest BCUT2D eigenvalue weighted by Gasteiger charge is 1.89. The summed E-state index contributed by atoms with van der Waals surface area (Å²) in [5.41, 5.74) is 0. The van der Waals surface area contributed by atoms with Crippen LogP contribution in [-0.4, -0.2) is 16.9 Å². The summed E-state index contributed by atoms with van der Waals surface area (Å²) in [6.45, 7) is 0. The van der Waals surface area contributed by atoms with E-state index in [0.717, 1.165) is 0 Å². The monoisotopic (exact) mass is 112 g/mol. The topological polar surface area (TPSA) is 27.1 Å². The van der Waals surface area contributed by atoms with Crippen LogP contribution in [0.4, 0.5) is 0 Å². The maximum Gasteiger partial charge on any atom is 0.232 e. The molecule has 0 aliphatic rings. The number of nitrogens with zero attached hydrogens (tertiary/aromatic N) is 2. The molecule has 0 radical (unpaired) electrons. The summed E-state index contributed by atoms with van der Waals surface area (Å²) >= 11 is 0. The number of ether oxygens (including phenoxy) is 1. The van der Waals surface area contributed by atoms with Gasteiger partial charge in [-0.3, -0.25) is 4.68 Å². The maximum atomic E-state index is 4.80. The number of aryl methyl sites for hydroxylation is 1. The molecule has 1 aromatic heterocycles. The van der Waals surface area contributed by atoms with Crippen molar-refractivity contribution in [2.45, 2.75) is 0 Å². The summed E-state index contributed by atoms with van der Waals surface area (Å²) in [6, 6.07) is 1.81. The molecule has 0 saturated carbocycles. The van der Waals surface area contributed by atoms with E-state index in [2.05, 4.69) is 5.10 Å². The SMILES string of the molecule is COc1ccn(C)n1. The van der Waals surface area contributed by atoms with Gasteiger partial charge in [0.15, 0.2) is 0 Å². The second-order valence-electron chi connectivity index (χ2n) is 1.53. The molecule has 0 atom stereocenters. The summed E-state index contributed by atoms with van der Waals surface area (Å²) in [6.07, 6.45) is 1.83. The first-order valence-electron chi connectivity index (χ1n) is 2.36. The Balaban J connectivity index is 2.84. The van der Waals surface area contributed by atoms with E-state index in [9.17, 15) is 0 Å². The zero-order valence-corrected chi connectivity index (χ0v) is 4.96. The van der Waals surface area contributed by atoms with Crippen LogP contribution in [0.25, 0.3) is 0 Å². The molecule has 1 rings (SSSR count). The highest BCUT2D eigenvalue weighted by molar-refractivity contribution is 5.04. The maximum absolute atomic E-state index is 4.80. The molecule has 0 fully saturated rings. The van der Waals surface area contributed by atoms with Gasteiger partial charge >= 0.3 is 0 Å². The molecule has 0 spiro atoms. The van der Waals surface area contributed by atoms with Gasteiger partial charge in [-0.05, 0) is 0 Å². The van der Waals surface area contributed by atoms with Crippen molar-refractivity contribution < 1.29 is 4.74 Å². The van der Waals surface area contributed by atoms with Gasteiger partial charge in [-0.15, -0.1) is 5.10 Å². The summed E-state index contributed by atoms with van der Waals surface area (Å²) in [5.74, 6) is 0.660. The van der Waals surface area contributed by atoms with Crippen LogP contribution in [0.2, 0.25) is 0 Å². The van der Waals surface area contributed by atoms with Gasteiger partial charge in [0, 0.05) is 19.3 Å². The van der Waals surface area contributed by atoms with Gasteiger partial charge in [-0.1, -0.05) is 0 Å². The first kappa shape index (κ1) is 5.15. The molecule has 0 aliphatic heterocycles. The number of rotatable bonds is 1. The molecule has 3 nitrogen and oxygen atoms in total. The second kappa shape index (κ2) is 1.86. The summed E-state index contributed by atoms with van der Waals surface area (Å²) < 4.78 is 6.50. The van der Waals surface area contributed by atoms with Crippen molar-refractivity contribution in [1.29, 1.82) is 0 Å². The van der Waals surface area contributed by atoms with E-state index in [4.69, 9.17) is 4.74 Å². The Morgan fingerprint density at radius 3 is 2.75 bits per heavy atom. The van der Waals surface area contributed by atoms with Crippen LogP contribution in [0.5, 0.6) is 5.88 Å². The largest absolute Gasteiger partial charge is 0.480 e. The summed E-state index contributed by atoms with van der Waals surface area (Å²) in [4.78, 5) is 0. The van der Waals surface area contributed by atoms with Crippen LogP contribution in [-0.2, 0) is 7.05 Å². The molecule has 0 N–H and O–H groups in total. The van der Waals surface area contributed by atoms with Crippen LogP contribution >= 0.6 is 0 Å². The molecule has 8 heavy (non-hydrogen) atoms. The predicted molar refractivity (Wildman–Crippen MR) is 29.8 cm³/mol. The first-order chi connectivity index (χ1) is 3.83. The predicted octanol–water partition coefficient (Wildman–Crippen LogP) is 0.429. The van der Waals surface area contributed by atoms with Crippen molar-refractivity contribution in [3.05, 3.63) is 12.3 Å². The lowest BCUT2D eigenvalue weighted by Crippen LogP contribution is -1.88. The molecule has 1 heterocycles. The van der Waals surface area contributed by atoms with Gasteiger partial charge in [0.25, 0.3) is 0 Å². The number of hydrogen-bond acceptors (Lipinski definition) is 2. The number of aromatic nitrogens is 2. The minimum Gasteiger partial charge on any atom is -0.480 e. The molecular weight excluding hydrogens is 104 g/mol. The average Bonchev–Trinajstić information content (AvgIpc) is 2.14. The van der Waals surface area contributed by atoms with E-state index < -0.39 is 0 Å². The smallest absolute Gasteiger partial charge is 0.232 e. The molecule has 0 saturated heterocycles. The Kier molecular flexibility index (Phi) is 1.20. The third-order valence-electron chi connectivity index (χ3n) is 0.898. The van der Waals surface area contributed by atoms with Crippen molar-refractivity contribution in [3.63, 3.8) is 0 Å². The van der Waals surface area contributed by atoms with E-state index in [1.165, 1.54) is 0 Å². The summed E-state index contributed by atoms with van der Waals surface area (Å²) in [5, 5.41) is 3.92. The zero-order valence-electron chi connectivity index (χ0n) is 4.96. The molecule has 0 bridgehead atoms. The van der Waals surface area contributed by atoms with Gasteiger partial charge in [0.1, 0.15) is 0 Å². The Labute approximate surface area is 47.9 Å². The van der Waals surface area contributed by atoms with Gasteiger partial charge in [0.05, 0.1) is 7.11 Å². The Hall–Kier alpha value is -0.990. The molecule has 0 aromatic carbocycles. The van der Waals surface area contributed by atoms with Gasteiger partial charge in [0.2, 0.25) is 5.88 Å². The van der Waals surface area contributed by atoms with Gasteiger partial charge < -0.3 is 4.74 Å². The second-order valence-corrected chi connectivity index (χ2v) is 1.53. The van der Waals surface area contributed by atoms with Crippen LogP contribution < -0.4 is 4.74 Å². The lowest BCUT2D eigenvalue weighted by Gasteiger charge is -1.87. The molecule has 44 valence electrons. The quantitative estimate of drug-likeness (QED) is 0.526. The number of methoxy groups -OCH3 is 1. The third kappa shape index (κ3) is 0.804. The van der Waals surface area contributed by atoms with E-state index >= 15 is 0 Å². The molecule has 0 amide bonds. The van der Waals surface area contributed by atoms with Crippen LogP contribution in [0.15, 0.2) is 12.3 Å². The molecule has 3 heteroatoms. The van der Waals surface area contributed by atoms with E-state index in [1.54, 1.807) is 17.9 Å². The van der Waals surface area contributed by atoms with Crippen molar-refractivity contribution >= 4 is 0 Å². The lowest BCUT2D eigenvalue weighted by atomic mass is 10.7. The van der Waals surface area contributed by atoms with Crippen LogP contribution in [0, 0.1) is 0 Å². The van der Waals surface area contributed by atoms with Gasteiger partial charge in [-0.25, -0.2) is 0 Å². The Morgan fingerprint density at radius 1 is 1.75 bits per heavy atom. The Morgan fingerprint density at radius 2 is 2.50 bits per heavy atom. The normalized spacial score (nSPS) is 9.25. The zero-order chi connectivity index (χ0) is 5.98. The fourth-order valence-corrected chi connectivity index (χ4v) is 0.503. The van der Waals surface area contributed by atoms with Crippen molar-refractivity contribution in [2.75, 3.05) is 7.11 Å². The first-order valence-corrected chi connectivity index (χ1v) is 2.36. The van der Waals surface area contributed by atoms with Crippen molar-refractivity contribution in [2.24, 2.45) is 7.05 Å². The fourth-order valence-electron chi connectivity index (χ4n) is 0.503. The molecule has 0 aliphatic carbocycles. The summed E-state index contributed by atoms with van der Waals surface area (Å²) in [7, 11) is 3.45. The highest BCUT2D eigenvalue weighted by atomic mass is 16.5. The van der Waals surface area contributed by atoms with E-state index in [0.29, 0.717) is 5.88 Å². The number of hydrogen-bond donors (Lipinski definition) is 0. The minimum absolute atomic E-state index is 0.660. The van der Waals surface area contributed by atoms with Crippen LogP contribution in [0.3, 0.4) is 0 Å². The average molecular weight is 112 g/mol. The van der Waals surface area contributed by atoms with E-state index in [-0.39, 0.29) is 0 Å². The van der Waals surface area contributed by atoms with Crippen LogP contribution in [0.1, 0.15) is 0 Å². The standard InChI is InChI=1S/C5H8N2O/c1-7-4-3-5(6-7)8-2/h3-4H,1-2H3. The lowest BCUT2D eigenvalue weighted by molar-refractivity contribution is 0.392. The molecular formula is C5H8N2O. The fraction of sp³-hybridized carbons (Fsp3) is 0.400. The highest BCUT2D eigenvalue weighted by Crippen LogP contribution is 2.00. The molecule has 0 unspecified atom stereocenters. The Bertz CT molecular complexity index is 171. The van der Waals surface area contributed by atoms with Crippen molar-refractivity contribution in [3.8, 4) is 5.88 Å². The minimum atomic E-state index is 0.660. The molecule has 1 aromatic rings. The van der Waals surface area contributed by atoms with E-state index in [1.807, 2.05) is 13.2 Å². The third-order valence-corrected chi connectivity index (χ3v) is 0.898. The van der Waals surface area contributed by atoms with Crippen molar-refractivity contribution in [1.82, 2.24) is 9.78 Å².